The average molecular weight is 276 g/mol. The molecule has 4 nitrogen and oxygen atoms in total. The number of carbonyl (C=O) groups excluding carboxylic acids is 1. The van der Waals surface area contributed by atoms with Crippen molar-refractivity contribution in [2.45, 2.75) is 78.0 Å². The highest BCUT2D eigenvalue weighted by Gasteiger charge is 2.25. The van der Waals surface area contributed by atoms with Gasteiger partial charge in [-0.2, -0.15) is 0 Å². The third kappa shape index (κ3) is 9.62. The van der Waals surface area contributed by atoms with Crippen molar-refractivity contribution in [1.82, 2.24) is 0 Å². The van der Waals surface area contributed by atoms with E-state index >= 15 is 0 Å². The molecule has 0 aliphatic rings. The summed E-state index contributed by atoms with van der Waals surface area (Å²) in [7, 11) is -1.66. The fourth-order valence-electron chi connectivity index (χ4n) is 1.90. The van der Waals surface area contributed by atoms with Gasteiger partial charge in [-0.25, -0.2) is 0 Å². The Balaban J connectivity index is 4.49. The first kappa shape index (κ1) is 17.6. The molecule has 0 aromatic carbocycles. The fourth-order valence-corrected chi connectivity index (χ4v) is 3.09. The molecule has 18 heavy (non-hydrogen) atoms. The summed E-state index contributed by atoms with van der Waals surface area (Å²) in [6.45, 7) is 11.5. The third-order valence-corrected chi connectivity index (χ3v) is 3.48. The Bertz CT molecular complexity index is 248. The van der Waals surface area contributed by atoms with E-state index in [9.17, 15) is 9.90 Å². The van der Waals surface area contributed by atoms with Gasteiger partial charge >= 0.3 is 5.97 Å². The van der Waals surface area contributed by atoms with E-state index in [-0.39, 0.29) is 18.2 Å². The molecule has 1 N–H and O–H groups in total. The second-order valence-corrected chi connectivity index (χ2v) is 10.3. The molecule has 0 aromatic rings. The zero-order valence-electron chi connectivity index (χ0n) is 12.5. The largest absolute Gasteiger partial charge is 0.462 e. The highest BCUT2D eigenvalue weighted by molar-refractivity contribution is 6.69. The minimum atomic E-state index is -1.66. The van der Waals surface area contributed by atoms with Crippen molar-refractivity contribution in [3.63, 3.8) is 0 Å². The second-order valence-electron chi connectivity index (χ2n) is 5.81. The first-order valence-corrected chi connectivity index (χ1v) is 10.1. The molecule has 0 spiro atoms. The molecule has 0 bridgehead atoms. The van der Waals surface area contributed by atoms with Gasteiger partial charge in [-0.15, -0.1) is 0 Å². The number of esters is 1. The highest BCUT2D eigenvalue weighted by atomic mass is 28.4. The lowest BCUT2D eigenvalue weighted by molar-refractivity contribution is -0.147. The number of ether oxygens (including phenoxy) is 1. The maximum atomic E-state index is 11.0. The monoisotopic (exact) mass is 276 g/mol. The van der Waals surface area contributed by atoms with Gasteiger partial charge in [0, 0.05) is 13.3 Å². The van der Waals surface area contributed by atoms with E-state index in [1.165, 1.54) is 6.92 Å². The summed E-state index contributed by atoms with van der Waals surface area (Å²) in [4.78, 5) is 11.0. The van der Waals surface area contributed by atoms with Crippen molar-refractivity contribution < 1.29 is 19.1 Å². The molecule has 3 unspecified atom stereocenters. The van der Waals surface area contributed by atoms with Crippen molar-refractivity contribution in [2.75, 3.05) is 0 Å². The van der Waals surface area contributed by atoms with Crippen LogP contribution in [0, 0.1) is 0 Å². The van der Waals surface area contributed by atoms with Crippen LogP contribution in [-0.2, 0) is 14.0 Å². The molecule has 0 saturated carbocycles. The number of aliphatic hydroxyl groups is 1. The molecule has 5 heteroatoms. The smallest absolute Gasteiger partial charge is 0.302 e. The topological polar surface area (TPSA) is 55.8 Å². The average Bonchev–Trinajstić information content (AvgIpc) is 2.11. The van der Waals surface area contributed by atoms with E-state index in [2.05, 4.69) is 19.6 Å². The van der Waals surface area contributed by atoms with Gasteiger partial charge in [0.2, 0.25) is 0 Å². The Morgan fingerprint density at radius 1 is 1.22 bits per heavy atom. The fraction of sp³-hybridized carbons (Fsp3) is 0.923. The summed E-state index contributed by atoms with van der Waals surface area (Å²) in [5.74, 6) is -0.259. The van der Waals surface area contributed by atoms with Gasteiger partial charge in [-0.05, 0) is 39.4 Å². The Morgan fingerprint density at radius 2 is 1.78 bits per heavy atom. The first-order valence-electron chi connectivity index (χ1n) is 6.67. The maximum Gasteiger partial charge on any atom is 0.302 e. The normalized spacial score (nSPS) is 17.1. The Morgan fingerprint density at radius 3 is 2.11 bits per heavy atom. The molecule has 0 aliphatic carbocycles. The van der Waals surface area contributed by atoms with Crippen molar-refractivity contribution >= 4 is 14.3 Å². The van der Waals surface area contributed by atoms with E-state index in [0.717, 1.165) is 6.42 Å². The number of hydrogen-bond acceptors (Lipinski definition) is 4. The summed E-state index contributed by atoms with van der Waals surface area (Å²) in [5, 5.41) is 9.51. The van der Waals surface area contributed by atoms with Crippen LogP contribution in [0.3, 0.4) is 0 Å². The maximum absolute atomic E-state index is 11.0. The molecule has 0 aliphatic heterocycles. The zero-order chi connectivity index (χ0) is 14.3. The molecular weight excluding hydrogens is 248 g/mol. The minimum absolute atomic E-state index is 0.0408. The Kier molecular flexibility index (Phi) is 7.74. The molecule has 0 radical (unpaired) electrons. The van der Waals surface area contributed by atoms with Crippen LogP contribution in [0.1, 0.15) is 40.0 Å². The van der Waals surface area contributed by atoms with Gasteiger partial charge in [0.25, 0.3) is 0 Å². The van der Waals surface area contributed by atoms with Gasteiger partial charge in [-0.3, -0.25) is 4.79 Å². The third-order valence-electron chi connectivity index (χ3n) is 2.44. The number of aliphatic hydroxyl groups excluding tert-OH is 1. The van der Waals surface area contributed by atoms with Crippen molar-refractivity contribution in [3.8, 4) is 0 Å². The summed E-state index contributed by atoms with van der Waals surface area (Å²) < 4.78 is 11.3. The Hall–Kier alpha value is -0.393. The molecule has 0 heterocycles. The molecule has 0 fully saturated rings. The van der Waals surface area contributed by atoms with Crippen LogP contribution in [-0.4, -0.2) is 37.7 Å². The summed E-state index contributed by atoms with van der Waals surface area (Å²) in [6.07, 6.45) is 1.45. The van der Waals surface area contributed by atoms with Gasteiger partial charge in [-0.1, -0.05) is 6.92 Å². The Labute approximate surface area is 112 Å². The zero-order valence-corrected chi connectivity index (χ0v) is 13.5. The van der Waals surface area contributed by atoms with Crippen molar-refractivity contribution in [3.05, 3.63) is 0 Å². The molecule has 0 aromatic heterocycles. The van der Waals surface area contributed by atoms with Gasteiger partial charge in [0.15, 0.2) is 8.32 Å². The van der Waals surface area contributed by atoms with Gasteiger partial charge in [0.05, 0.1) is 12.2 Å². The van der Waals surface area contributed by atoms with Crippen LogP contribution in [0.25, 0.3) is 0 Å². The number of hydrogen-bond donors (Lipinski definition) is 1. The standard InChI is InChI=1S/C13H28O4Si/c1-7-12(16-11(3)15)9-13(8-10(2)14)17-18(4,5)6/h10,12-14H,7-9H2,1-6H3. The van der Waals surface area contributed by atoms with E-state index in [1.807, 2.05) is 6.92 Å². The lowest BCUT2D eigenvalue weighted by atomic mass is 10.0. The van der Waals surface area contributed by atoms with Crippen LogP contribution < -0.4 is 0 Å². The quantitative estimate of drug-likeness (QED) is 0.547. The molecule has 0 saturated heterocycles. The van der Waals surface area contributed by atoms with E-state index < -0.39 is 14.4 Å². The van der Waals surface area contributed by atoms with Crippen LogP contribution in [0.2, 0.25) is 19.6 Å². The summed E-state index contributed by atoms with van der Waals surface area (Å²) in [6, 6.07) is 0. The van der Waals surface area contributed by atoms with Gasteiger partial charge < -0.3 is 14.3 Å². The summed E-state index contributed by atoms with van der Waals surface area (Å²) in [5.41, 5.74) is 0. The highest BCUT2D eigenvalue weighted by Crippen LogP contribution is 2.19. The lowest BCUT2D eigenvalue weighted by Gasteiger charge is -2.29. The van der Waals surface area contributed by atoms with Crippen molar-refractivity contribution in [1.29, 1.82) is 0 Å². The van der Waals surface area contributed by atoms with E-state index in [0.29, 0.717) is 12.8 Å². The van der Waals surface area contributed by atoms with Crippen LogP contribution in [0.5, 0.6) is 0 Å². The molecule has 108 valence electrons. The predicted octanol–water partition coefficient (Wildman–Crippen LogP) is 2.71. The van der Waals surface area contributed by atoms with Crippen LogP contribution >= 0.6 is 0 Å². The van der Waals surface area contributed by atoms with E-state index in [1.54, 1.807) is 6.92 Å². The van der Waals surface area contributed by atoms with Gasteiger partial charge in [0.1, 0.15) is 6.10 Å². The first-order chi connectivity index (χ1) is 8.14. The number of carbonyl (C=O) groups is 1. The molecule has 0 rings (SSSR count). The molecular formula is C13H28O4Si. The SMILES string of the molecule is CCC(CC(CC(C)O)O[Si](C)(C)C)OC(C)=O. The predicted molar refractivity (Wildman–Crippen MR) is 75.0 cm³/mol. The van der Waals surface area contributed by atoms with Crippen LogP contribution in [0.4, 0.5) is 0 Å². The van der Waals surface area contributed by atoms with E-state index in [4.69, 9.17) is 9.16 Å². The number of rotatable bonds is 8. The van der Waals surface area contributed by atoms with Crippen LogP contribution in [0.15, 0.2) is 0 Å². The molecule has 3 atom stereocenters. The second kappa shape index (κ2) is 7.91. The summed E-state index contributed by atoms with van der Waals surface area (Å²) >= 11 is 0. The molecule has 0 amide bonds. The lowest BCUT2D eigenvalue weighted by Crippen LogP contribution is -2.36. The van der Waals surface area contributed by atoms with Crippen molar-refractivity contribution in [2.24, 2.45) is 0 Å². The minimum Gasteiger partial charge on any atom is -0.462 e.